The molecule has 0 unspecified atom stereocenters. The second kappa shape index (κ2) is 7.57. The standard InChI is InChI=1S/C20H20FN3O4S/c1-28-20(25)14-2-5-17(6-3-14)29(26,27)23-10-8-16(9-11-23)24-13-22-18-12-15(21)4-7-19(18)24/h2-7,12-13,16H,8-11H2,1H3. The summed E-state index contributed by atoms with van der Waals surface area (Å²) in [7, 11) is -2.37. The van der Waals surface area contributed by atoms with Crippen molar-refractivity contribution in [3.05, 3.63) is 60.2 Å². The predicted molar refractivity (Wildman–Crippen MR) is 105 cm³/mol. The van der Waals surface area contributed by atoms with Crippen molar-refractivity contribution >= 4 is 27.0 Å². The SMILES string of the molecule is COC(=O)c1ccc(S(=O)(=O)N2CCC(n3cnc4cc(F)ccc43)CC2)cc1. The number of rotatable bonds is 4. The lowest BCUT2D eigenvalue weighted by Crippen LogP contribution is -2.38. The Bertz CT molecular complexity index is 1150. The largest absolute Gasteiger partial charge is 0.465 e. The van der Waals surface area contributed by atoms with Gasteiger partial charge < -0.3 is 9.30 Å². The Morgan fingerprint density at radius 3 is 2.48 bits per heavy atom. The van der Waals surface area contributed by atoms with Crippen molar-refractivity contribution < 1.29 is 22.3 Å². The van der Waals surface area contributed by atoms with Gasteiger partial charge in [-0.2, -0.15) is 4.31 Å². The molecule has 0 atom stereocenters. The van der Waals surface area contributed by atoms with Crippen molar-refractivity contribution in [2.45, 2.75) is 23.8 Å². The first-order chi connectivity index (χ1) is 13.9. The third kappa shape index (κ3) is 3.63. The van der Waals surface area contributed by atoms with Gasteiger partial charge in [-0.1, -0.05) is 0 Å². The lowest BCUT2D eigenvalue weighted by atomic mass is 10.1. The van der Waals surface area contributed by atoms with Gasteiger partial charge in [0.15, 0.2) is 0 Å². The van der Waals surface area contributed by atoms with Gasteiger partial charge in [-0.15, -0.1) is 0 Å². The highest BCUT2D eigenvalue weighted by atomic mass is 32.2. The van der Waals surface area contributed by atoms with Crippen LogP contribution in [0.3, 0.4) is 0 Å². The lowest BCUT2D eigenvalue weighted by molar-refractivity contribution is 0.0600. The minimum atomic E-state index is -3.64. The molecule has 0 saturated carbocycles. The van der Waals surface area contributed by atoms with Gasteiger partial charge in [0.25, 0.3) is 0 Å². The molecule has 0 aliphatic carbocycles. The van der Waals surface area contributed by atoms with Gasteiger partial charge in [-0.3, -0.25) is 0 Å². The zero-order valence-electron chi connectivity index (χ0n) is 15.8. The number of carbonyl (C=O) groups excluding carboxylic acids is 1. The van der Waals surface area contributed by atoms with E-state index in [1.165, 1.54) is 47.8 Å². The highest BCUT2D eigenvalue weighted by molar-refractivity contribution is 7.89. The van der Waals surface area contributed by atoms with Crippen LogP contribution in [-0.2, 0) is 14.8 Å². The summed E-state index contributed by atoms with van der Waals surface area (Å²) in [6.45, 7) is 0.735. The summed E-state index contributed by atoms with van der Waals surface area (Å²) in [6, 6.07) is 10.3. The van der Waals surface area contributed by atoms with Gasteiger partial charge in [0.05, 0.1) is 34.9 Å². The number of hydrogen-bond donors (Lipinski definition) is 0. The van der Waals surface area contributed by atoms with E-state index in [0.29, 0.717) is 37.0 Å². The number of piperidine rings is 1. The summed E-state index contributed by atoms with van der Waals surface area (Å²) >= 11 is 0. The molecule has 0 N–H and O–H groups in total. The number of hydrogen-bond acceptors (Lipinski definition) is 5. The van der Waals surface area contributed by atoms with Crippen molar-refractivity contribution in [2.24, 2.45) is 0 Å². The van der Waals surface area contributed by atoms with E-state index in [1.54, 1.807) is 12.4 Å². The average molecular weight is 417 g/mol. The smallest absolute Gasteiger partial charge is 0.337 e. The van der Waals surface area contributed by atoms with E-state index in [1.807, 2.05) is 4.57 Å². The summed E-state index contributed by atoms with van der Waals surface area (Å²) in [6.07, 6.45) is 2.94. The molecule has 29 heavy (non-hydrogen) atoms. The fourth-order valence-electron chi connectivity index (χ4n) is 3.69. The van der Waals surface area contributed by atoms with Gasteiger partial charge in [0.1, 0.15) is 5.82 Å². The molecule has 0 amide bonds. The molecule has 152 valence electrons. The van der Waals surface area contributed by atoms with E-state index in [4.69, 9.17) is 0 Å². The Morgan fingerprint density at radius 2 is 1.83 bits per heavy atom. The number of benzene rings is 2. The van der Waals surface area contributed by atoms with Crippen LogP contribution < -0.4 is 0 Å². The van der Waals surface area contributed by atoms with E-state index in [9.17, 15) is 17.6 Å². The first-order valence-electron chi connectivity index (χ1n) is 9.21. The maximum Gasteiger partial charge on any atom is 0.337 e. The first-order valence-corrected chi connectivity index (χ1v) is 10.6. The average Bonchev–Trinajstić information content (AvgIpc) is 3.16. The maximum atomic E-state index is 13.4. The van der Waals surface area contributed by atoms with Crippen molar-refractivity contribution in [2.75, 3.05) is 20.2 Å². The van der Waals surface area contributed by atoms with Crippen LogP contribution in [0.1, 0.15) is 29.2 Å². The number of esters is 1. The van der Waals surface area contributed by atoms with Gasteiger partial charge in [0, 0.05) is 25.2 Å². The molecule has 0 radical (unpaired) electrons. The third-order valence-corrected chi connectivity index (χ3v) is 7.18. The molecule has 2 aromatic carbocycles. The molecule has 3 aromatic rings. The summed E-state index contributed by atoms with van der Waals surface area (Å²) in [5, 5.41) is 0. The maximum absolute atomic E-state index is 13.4. The number of methoxy groups -OCH3 is 1. The fourth-order valence-corrected chi connectivity index (χ4v) is 5.16. The van der Waals surface area contributed by atoms with Crippen LogP contribution in [0.2, 0.25) is 0 Å². The van der Waals surface area contributed by atoms with Crippen molar-refractivity contribution in [1.82, 2.24) is 13.9 Å². The molecular formula is C20H20FN3O4S. The van der Waals surface area contributed by atoms with E-state index in [2.05, 4.69) is 9.72 Å². The highest BCUT2D eigenvalue weighted by Crippen LogP contribution is 2.29. The molecule has 1 aliphatic heterocycles. The van der Waals surface area contributed by atoms with Crippen LogP contribution in [0.4, 0.5) is 4.39 Å². The molecule has 7 nitrogen and oxygen atoms in total. The quantitative estimate of drug-likeness (QED) is 0.610. The normalized spacial score (nSPS) is 16.2. The fraction of sp³-hybridized carbons (Fsp3) is 0.300. The Hall–Kier alpha value is -2.78. The van der Waals surface area contributed by atoms with Crippen LogP contribution in [0.5, 0.6) is 0 Å². The van der Waals surface area contributed by atoms with Crippen LogP contribution >= 0.6 is 0 Å². The lowest BCUT2D eigenvalue weighted by Gasteiger charge is -2.32. The number of aromatic nitrogens is 2. The second-order valence-electron chi connectivity index (χ2n) is 6.94. The van der Waals surface area contributed by atoms with Crippen LogP contribution in [-0.4, -0.2) is 48.4 Å². The summed E-state index contributed by atoms with van der Waals surface area (Å²) in [5.74, 6) is -0.843. The Balaban J connectivity index is 1.49. The third-order valence-electron chi connectivity index (χ3n) is 5.27. The molecule has 0 spiro atoms. The summed E-state index contributed by atoms with van der Waals surface area (Å²) < 4.78 is 47.3. The Morgan fingerprint density at radius 1 is 1.14 bits per heavy atom. The summed E-state index contributed by atoms with van der Waals surface area (Å²) in [4.78, 5) is 15.9. The Kier molecular flexibility index (Phi) is 5.10. The molecule has 4 rings (SSSR count). The van der Waals surface area contributed by atoms with Crippen LogP contribution in [0, 0.1) is 5.82 Å². The minimum absolute atomic E-state index is 0.0959. The van der Waals surface area contributed by atoms with Gasteiger partial charge >= 0.3 is 5.97 Å². The zero-order chi connectivity index (χ0) is 20.6. The number of carbonyl (C=O) groups is 1. The van der Waals surface area contributed by atoms with E-state index >= 15 is 0 Å². The Labute approximate surface area is 167 Å². The monoisotopic (exact) mass is 417 g/mol. The molecule has 1 aromatic heterocycles. The number of nitrogens with zero attached hydrogens (tertiary/aromatic N) is 3. The van der Waals surface area contributed by atoms with Gasteiger partial charge in [-0.05, 0) is 49.2 Å². The van der Waals surface area contributed by atoms with Gasteiger partial charge in [-0.25, -0.2) is 22.6 Å². The second-order valence-corrected chi connectivity index (χ2v) is 8.87. The molecule has 1 saturated heterocycles. The van der Waals surface area contributed by atoms with Crippen LogP contribution in [0.15, 0.2) is 53.7 Å². The predicted octanol–water partition coefficient (Wildman–Crippen LogP) is 2.99. The number of fused-ring (bicyclic) bond motifs is 1. The van der Waals surface area contributed by atoms with Crippen molar-refractivity contribution in [1.29, 1.82) is 0 Å². The first kappa shape index (κ1) is 19.5. The van der Waals surface area contributed by atoms with E-state index in [-0.39, 0.29) is 16.8 Å². The highest BCUT2D eigenvalue weighted by Gasteiger charge is 2.30. The molecule has 2 heterocycles. The van der Waals surface area contributed by atoms with Crippen molar-refractivity contribution in [3.8, 4) is 0 Å². The number of imidazole rings is 1. The number of ether oxygens (including phenoxy) is 1. The van der Waals surface area contributed by atoms with Gasteiger partial charge in [0.2, 0.25) is 10.0 Å². The van der Waals surface area contributed by atoms with E-state index in [0.717, 1.165) is 5.52 Å². The molecule has 1 fully saturated rings. The van der Waals surface area contributed by atoms with E-state index < -0.39 is 16.0 Å². The molecule has 1 aliphatic rings. The topological polar surface area (TPSA) is 81.5 Å². The molecule has 0 bridgehead atoms. The molecule has 9 heteroatoms. The van der Waals surface area contributed by atoms with Crippen LogP contribution in [0.25, 0.3) is 11.0 Å². The number of sulfonamides is 1. The zero-order valence-corrected chi connectivity index (χ0v) is 16.6. The number of halogens is 1. The summed E-state index contributed by atoms with van der Waals surface area (Å²) in [5.41, 5.74) is 1.73. The van der Waals surface area contributed by atoms with Crippen molar-refractivity contribution in [3.63, 3.8) is 0 Å². The minimum Gasteiger partial charge on any atom is -0.465 e. The molecular weight excluding hydrogens is 397 g/mol.